The Balaban J connectivity index is 1.26. The Morgan fingerprint density at radius 1 is 0.917 bits per heavy atom. The van der Waals surface area contributed by atoms with E-state index in [0.29, 0.717) is 30.1 Å². The first-order chi connectivity index (χ1) is 17.4. The molecule has 182 valence electrons. The van der Waals surface area contributed by atoms with Crippen LogP contribution in [0.1, 0.15) is 24.0 Å². The van der Waals surface area contributed by atoms with E-state index in [1.165, 1.54) is 12.1 Å². The van der Waals surface area contributed by atoms with Crippen molar-refractivity contribution in [3.63, 3.8) is 0 Å². The number of carbonyl (C=O) groups excluding carboxylic acids is 2. The van der Waals surface area contributed by atoms with E-state index in [1.807, 2.05) is 36.4 Å². The number of methoxy groups -OCH3 is 1. The fourth-order valence-electron chi connectivity index (χ4n) is 4.32. The number of hydrogen-bond donors (Lipinski definition) is 0. The van der Waals surface area contributed by atoms with E-state index in [9.17, 15) is 14.0 Å². The highest BCUT2D eigenvalue weighted by Gasteiger charge is 2.54. The molecule has 1 heterocycles. The fraction of sp³-hybridized carbons (Fsp3) is 0.207. The highest BCUT2D eigenvalue weighted by atomic mass is 79.9. The molecule has 0 unspecified atom stereocenters. The Labute approximate surface area is 216 Å². The van der Waals surface area contributed by atoms with Crippen LogP contribution in [0, 0.1) is 11.2 Å². The number of hydrogen-bond acceptors (Lipinski definition) is 5. The summed E-state index contributed by atoms with van der Waals surface area (Å²) >= 11 is 3.50. The number of rotatable bonds is 9. The average Bonchev–Trinajstić information content (AvgIpc) is 3.69. The average molecular weight is 548 g/mol. The van der Waals surface area contributed by atoms with Gasteiger partial charge in [0.25, 0.3) is 0 Å². The molecule has 1 aliphatic rings. The number of benzene rings is 3. The maximum atomic E-state index is 13.1. The second kappa shape index (κ2) is 9.82. The summed E-state index contributed by atoms with van der Waals surface area (Å²) in [6.45, 7) is 0. The largest absolute Gasteiger partial charge is 0.495 e. The van der Waals surface area contributed by atoms with Gasteiger partial charge in [-0.2, -0.15) is 0 Å². The molecule has 1 saturated carbocycles. The summed E-state index contributed by atoms with van der Waals surface area (Å²) in [5, 5.41) is 0.833. The van der Waals surface area contributed by atoms with Gasteiger partial charge in [-0.1, -0.05) is 24.3 Å². The van der Waals surface area contributed by atoms with Crippen molar-refractivity contribution in [2.75, 3.05) is 7.11 Å². The van der Waals surface area contributed by atoms with Crippen LogP contribution in [0.25, 0.3) is 10.9 Å². The van der Waals surface area contributed by atoms with Gasteiger partial charge in [0.05, 0.1) is 22.5 Å². The van der Waals surface area contributed by atoms with E-state index in [2.05, 4.69) is 20.9 Å². The van der Waals surface area contributed by atoms with Crippen molar-refractivity contribution in [2.24, 2.45) is 5.41 Å². The normalized spacial score (nSPS) is 13.9. The summed E-state index contributed by atoms with van der Waals surface area (Å²) in [6, 6.07) is 18.7. The standard InChI is InChI=1S/C29H23BrFNO4/c1-35-26-17-24-22(16-23(26)30)25(10-13-32-24)36-21-8-4-19(5-9-21)15-28(34)29(11-12-29)27(33)14-18-2-6-20(31)7-3-18/h2-10,13,16-17H,11-12,14-15H2,1H3. The van der Waals surface area contributed by atoms with Crippen LogP contribution in [0.2, 0.25) is 0 Å². The number of carbonyl (C=O) groups is 2. The zero-order chi connectivity index (χ0) is 25.3. The van der Waals surface area contributed by atoms with Gasteiger partial charge < -0.3 is 9.47 Å². The second-order valence-electron chi connectivity index (χ2n) is 8.97. The molecule has 0 N–H and O–H groups in total. The minimum absolute atomic E-state index is 0.0674. The Hall–Kier alpha value is -3.58. The monoisotopic (exact) mass is 547 g/mol. The number of Topliss-reactive ketones (excluding diaryl/α,β-unsaturated/α-hetero) is 2. The Morgan fingerprint density at radius 3 is 2.11 bits per heavy atom. The molecular weight excluding hydrogens is 525 g/mol. The smallest absolute Gasteiger partial charge is 0.150 e. The van der Waals surface area contributed by atoms with Crippen molar-refractivity contribution in [2.45, 2.75) is 25.7 Å². The summed E-state index contributed by atoms with van der Waals surface area (Å²) in [7, 11) is 1.60. The van der Waals surface area contributed by atoms with Gasteiger partial charge in [-0.05, 0) is 76.3 Å². The molecule has 0 atom stereocenters. The van der Waals surface area contributed by atoms with Gasteiger partial charge in [0.2, 0.25) is 0 Å². The minimum atomic E-state index is -0.909. The number of aromatic nitrogens is 1. The molecule has 1 aromatic heterocycles. The molecule has 3 aromatic carbocycles. The quantitative estimate of drug-likeness (QED) is 0.220. The van der Waals surface area contributed by atoms with E-state index in [1.54, 1.807) is 31.5 Å². The lowest BCUT2D eigenvalue weighted by molar-refractivity contribution is -0.133. The molecule has 0 radical (unpaired) electrons. The van der Waals surface area contributed by atoms with Crippen LogP contribution in [-0.4, -0.2) is 23.7 Å². The van der Waals surface area contributed by atoms with Gasteiger partial charge in [0.1, 0.15) is 23.1 Å². The van der Waals surface area contributed by atoms with Crippen molar-refractivity contribution in [3.8, 4) is 17.2 Å². The maximum Gasteiger partial charge on any atom is 0.150 e. The lowest BCUT2D eigenvalue weighted by Gasteiger charge is -2.14. The summed E-state index contributed by atoms with van der Waals surface area (Å²) in [5.74, 6) is 1.45. The molecule has 0 spiro atoms. The van der Waals surface area contributed by atoms with Crippen LogP contribution < -0.4 is 9.47 Å². The summed E-state index contributed by atoms with van der Waals surface area (Å²) in [4.78, 5) is 30.3. The summed E-state index contributed by atoms with van der Waals surface area (Å²) in [5.41, 5.74) is 1.37. The van der Waals surface area contributed by atoms with Gasteiger partial charge in [0.15, 0.2) is 11.6 Å². The molecular formula is C29H23BrFNO4. The van der Waals surface area contributed by atoms with Crippen molar-refractivity contribution in [3.05, 3.63) is 94.3 Å². The SMILES string of the molecule is COc1cc2nccc(Oc3ccc(CC(=O)C4(C(=O)Cc5ccc(F)cc5)CC4)cc3)c2cc1Br. The Morgan fingerprint density at radius 2 is 1.53 bits per heavy atom. The van der Waals surface area contributed by atoms with Gasteiger partial charge >= 0.3 is 0 Å². The number of nitrogens with zero attached hydrogens (tertiary/aromatic N) is 1. The topological polar surface area (TPSA) is 65.5 Å². The molecule has 0 saturated heterocycles. The third-order valence-electron chi connectivity index (χ3n) is 6.59. The van der Waals surface area contributed by atoms with E-state index < -0.39 is 5.41 Å². The predicted octanol–water partition coefficient (Wildman–Crippen LogP) is 6.64. The molecule has 0 amide bonds. The van der Waals surface area contributed by atoms with Crippen molar-refractivity contribution in [1.82, 2.24) is 4.98 Å². The van der Waals surface area contributed by atoms with Gasteiger partial charge in [0, 0.05) is 30.5 Å². The molecule has 5 rings (SSSR count). The molecule has 4 aromatic rings. The lowest BCUT2D eigenvalue weighted by atomic mass is 9.88. The zero-order valence-corrected chi connectivity index (χ0v) is 21.2. The maximum absolute atomic E-state index is 13.1. The van der Waals surface area contributed by atoms with Crippen molar-refractivity contribution in [1.29, 1.82) is 0 Å². The number of ketones is 2. The number of halogens is 2. The molecule has 1 aliphatic carbocycles. The molecule has 0 aliphatic heterocycles. The van der Waals surface area contributed by atoms with Gasteiger partial charge in [-0.15, -0.1) is 0 Å². The van der Waals surface area contributed by atoms with Crippen molar-refractivity contribution >= 4 is 38.4 Å². The van der Waals surface area contributed by atoms with Crippen LogP contribution in [0.4, 0.5) is 4.39 Å². The molecule has 36 heavy (non-hydrogen) atoms. The first-order valence-corrected chi connectivity index (χ1v) is 12.4. The number of fused-ring (bicyclic) bond motifs is 1. The molecule has 5 nitrogen and oxygen atoms in total. The van der Waals surface area contributed by atoms with Crippen LogP contribution in [0.3, 0.4) is 0 Å². The van der Waals surface area contributed by atoms with Gasteiger partial charge in [-0.25, -0.2) is 4.39 Å². The third kappa shape index (κ3) is 4.88. The molecule has 0 bridgehead atoms. The number of pyridine rings is 1. The van der Waals surface area contributed by atoms with Crippen molar-refractivity contribution < 1.29 is 23.5 Å². The predicted molar refractivity (Wildman–Crippen MR) is 138 cm³/mol. The first-order valence-electron chi connectivity index (χ1n) is 11.6. The van der Waals surface area contributed by atoms with Crippen LogP contribution >= 0.6 is 15.9 Å². The third-order valence-corrected chi connectivity index (χ3v) is 7.21. The summed E-state index contributed by atoms with van der Waals surface area (Å²) in [6.07, 6.45) is 3.14. The zero-order valence-electron chi connectivity index (χ0n) is 19.6. The fourth-order valence-corrected chi connectivity index (χ4v) is 4.82. The Bertz CT molecular complexity index is 1450. The first kappa shape index (κ1) is 24.1. The van der Waals surface area contributed by atoms with E-state index >= 15 is 0 Å². The summed E-state index contributed by atoms with van der Waals surface area (Å²) < 4.78 is 25.4. The van der Waals surface area contributed by atoms with Crippen LogP contribution in [0.5, 0.6) is 17.2 Å². The van der Waals surface area contributed by atoms with E-state index in [4.69, 9.17) is 9.47 Å². The highest BCUT2D eigenvalue weighted by molar-refractivity contribution is 9.10. The number of ether oxygens (including phenoxy) is 2. The van der Waals surface area contributed by atoms with Crippen LogP contribution in [-0.2, 0) is 22.4 Å². The Kier molecular flexibility index (Phi) is 6.58. The lowest BCUT2D eigenvalue weighted by Crippen LogP contribution is -2.28. The van der Waals surface area contributed by atoms with Gasteiger partial charge in [-0.3, -0.25) is 14.6 Å². The minimum Gasteiger partial charge on any atom is -0.495 e. The van der Waals surface area contributed by atoms with E-state index in [0.717, 1.165) is 26.5 Å². The molecule has 1 fully saturated rings. The second-order valence-corrected chi connectivity index (χ2v) is 9.82. The molecule has 7 heteroatoms. The highest BCUT2D eigenvalue weighted by Crippen LogP contribution is 2.49. The van der Waals surface area contributed by atoms with Crippen LogP contribution in [0.15, 0.2) is 77.4 Å². The van der Waals surface area contributed by atoms with E-state index in [-0.39, 0.29) is 30.2 Å².